The van der Waals surface area contributed by atoms with Crippen LogP contribution in [-0.4, -0.2) is 0 Å². The van der Waals surface area contributed by atoms with Gasteiger partial charge in [0.15, 0.2) is 0 Å². The second kappa shape index (κ2) is 8.33. The van der Waals surface area contributed by atoms with Gasteiger partial charge in [0.25, 0.3) is 0 Å². The van der Waals surface area contributed by atoms with Crippen molar-refractivity contribution in [2.24, 2.45) is 5.92 Å². The van der Waals surface area contributed by atoms with Crippen molar-refractivity contribution in [1.82, 2.24) is 0 Å². The molecule has 0 aliphatic heterocycles. The van der Waals surface area contributed by atoms with Crippen molar-refractivity contribution in [3.63, 3.8) is 0 Å². The number of hydrogen-bond acceptors (Lipinski definition) is 0. The molecule has 0 spiro atoms. The van der Waals surface area contributed by atoms with Gasteiger partial charge in [0.2, 0.25) is 0 Å². The Morgan fingerprint density at radius 3 is 2.41 bits per heavy atom. The van der Waals surface area contributed by atoms with Crippen LogP contribution in [0.5, 0.6) is 0 Å². The molecule has 0 bridgehead atoms. The zero-order valence-corrected chi connectivity index (χ0v) is 11.8. The van der Waals surface area contributed by atoms with E-state index in [2.05, 4.69) is 45.0 Å². The molecule has 1 rings (SSSR count). The normalized spacial score (nSPS) is 12.6. The summed E-state index contributed by atoms with van der Waals surface area (Å²) in [5.74, 6) is 0.953. The van der Waals surface area contributed by atoms with E-state index in [9.17, 15) is 0 Å². The Kier molecular flexibility index (Phi) is 7.00. The van der Waals surface area contributed by atoms with E-state index in [-0.39, 0.29) is 0 Å². The highest BCUT2D eigenvalue weighted by atomic mass is 14.1. The molecule has 1 aromatic rings. The van der Waals surface area contributed by atoms with Gasteiger partial charge in [-0.1, -0.05) is 70.7 Å². The Labute approximate surface area is 107 Å². The highest BCUT2D eigenvalue weighted by molar-refractivity contribution is 5.23. The SMILES string of the molecule is CCCC(CC)CCCc1cccc(CC)c1. The van der Waals surface area contributed by atoms with E-state index < -0.39 is 0 Å². The summed E-state index contributed by atoms with van der Waals surface area (Å²) in [7, 11) is 0. The van der Waals surface area contributed by atoms with Crippen LogP contribution in [0.4, 0.5) is 0 Å². The first-order valence-electron chi connectivity index (χ1n) is 7.37. The van der Waals surface area contributed by atoms with Gasteiger partial charge in [-0.15, -0.1) is 0 Å². The summed E-state index contributed by atoms with van der Waals surface area (Å²) in [4.78, 5) is 0. The Balaban J connectivity index is 2.34. The fourth-order valence-corrected chi connectivity index (χ4v) is 2.56. The smallest absolute Gasteiger partial charge is 0.0279 e. The van der Waals surface area contributed by atoms with Gasteiger partial charge in [0, 0.05) is 0 Å². The van der Waals surface area contributed by atoms with Crippen LogP contribution in [0, 0.1) is 5.92 Å². The summed E-state index contributed by atoms with van der Waals surface area (Å²) in [5, 5.41) is 0. The van der Waals surface area contributed by atoms with Crippen molar-refractivity contribution in [3.8, 4) is 0 Å². The molecule has 1 aromatic carbocycles. The minimum Gasteiger partial charge on any atom is -0.0654 e. The predicted octanol–water partition coefficient (Wildman–Crippen LogP) is 5.40. The first-order chi connectivity index (χ1) is 8.30. The van der Waals surface area contributed by atoms with Crippen LogP contribution in [-0.2, 0) is 12.8 Å². The molecule has 0 amide bonds. The number of aryl methyl sites for hydroxylation is 2. The number of benzene rings is 1. The van der Waals surface area contributed by atoms with Gasteiger partial charge < -0.3 is 0 Å². The molecule has 1 atom stereocenters. The number of hydrogen-bond donors (Lipinski definition) is 0. The molecule has 0 nitrogen and oxygen atoms in total. The third-order valence-electron chi connectivity index (χ3n) is 3.75. The van der Waals surface area contributed by atoms with E-state index in [0.29, 0.717) is 0 Å². The van der Waals surface area contributed by atoms with Gasteiger partial charge in [0.1, 0.15) is 0 Å². The maximum atomic E-state index is 2.38. The topological polar surface area (TPSA) is 0 Å². The lowest BCUT2D eigenvalue weighted by Gasteiger charge is -2.13. The molecular weight excluding hydrogens is 204 g/mol. The second-order valence-electron chi connectivity index (χ2n) is 5.13. The number of rotatable bonds is 8. The van der Waals surface area contributed by atoms with E-state index >= 15 is 0 Å². The summed E-state index contributed by atoms with van der Waals surface area (Å²) in [6, 6.07) is 9.09. The van der Waals surface area contributed by atoms with Crippen molar-refractivity contribution in [2.75, 3.05) is 0 Å². The monoisotopic (exact) mass is 232 g/mol. The summed E-state index contributed by atoms with van der Waals surface area (Å²) in [6.45, 7) is 6.86. The Hall–Kier alpha value is -0.780. The fraction of sp³-hybridized carbons (Fsp3) is 0.647. The summed E-state index contributed by atoms with van der Waals surface area (Å²) in [5.41, 5.74) is 3.00. The van der Waals surface area contributed by atoms with Gasteiger partial charge in [-0.2, -0.15) is 0 Å². The molecule has 0 radical (unpaired) electrons. The molecule has 0 heterocycles. The van der Waals surface area contributed by atoms with Gasteiger partial charge in [-0.3, -0.25) is 0 Å². The zero-order valence-electron chi connectivity index (χ0n) is 11.8. The molecule has 0 N–H and O–H groups in total. The van der Waals surface area contributed by atoms with Crippen LogP contribution in [0.1, 0.15) is 64.0 Å². The Morgan fingerprint density at radius 2 is 1.76 bits per heavy atom. The van der Waals surface area contributed by atoms with Crippen molar-refractivity contribution in [2.45, 2.75) is 65.7 Å². The molecule has 0 saturated heterocycles. The highest BCUT2D eigenvalue weighted by Gasteiger charge is 2.04. The lowest BCUT2D eigenvalue weighted by atomic mass is 9.93. The molecule has 96 valence electrons. The molecule has 1 unspecified atom stereocenters. The third kappa shape index (κ3) is 5.39. The van der Waals surface area contributed by atoms with Gasteiger partial charge in [-0.05, 0) is 36.3 Å². The van der Waals surface area contributed by atoms with Crippen LogP contribution >= 0.6 is 0 Å². The van der Waals surface area contributed by atoms with E-state index in [1.54, 1.807) is 0 Å². The van der Waals surface area contributed by atoms with Crippen LogP contribution in [0.3, 0.4) is 0 Å². The first-order valence-corrected chi connectivity index (χ1v) is 7.37. The van der Waals surface area contributed by atoms with Crippen LogP contribution in [0.2, 0.25) is 0 Å². The van der Waals surface area contributed by atoms with E-state index in [1.807, 2.05) is 0 Å². The van der Waals surface area contributed by atoms with Crippen molar-refractivity contribution in [3.05, 3.63) is 35.4 Å². The van der Waals surface area contributed by atoms with Crippen LogP contribution in [0.15, 0.2) is 24.3 Å². The van der Waals surface area contributed by atoms with Crippen molar-refractivity contribution in [1.29, 1.82) is 0 Å². The Morgan fingerprint density at radius 1 is 1.00 bits per heavy atom. The van der Waals surface area contributed by atoms with Crippen LogP contribution < -0.4 is 0 Å². The molecule has 0 aliphatic rings. The third-order valence-corrected chi connectivity index (χ3v) is 3.75. The van der Waals surface area contributed by atoms with Crippen molar-refractivity contribution < 1.29 is 0 Å². The molecule has 0 aliphatic carbocycles. The van der Waals surface area contributed by atoms with Gasteiger partial charge in [0.05, 0.1) is 0 Å². The summed E-state index contributed by atoms with van der Waals surface area (Å²) in [6.07, 6.45) is 9.26. The summed E-state index contributed by atoms with van der Waals surface area (Å²) >= 11 is 0. The van der Waals surface area contributed by atoms with Gasteiger partial charge in [-0.25, -0.2) is 0 Å². The van der Waals surface area contributed by atoms with Gasteiger partial charge >= 0.3 is 0 Å². The van der Waals surface area contributed by atoms with E-state index in [1.165, 1.54) is 49.7 Å². The molecule has 0 aromatic heterocycles. The maximum absolute atomic E-state index is 2.38. The zero-order chi connectivity index (χ0) is 12.5. The lowest BCUT2D eigenvalue weighted by Crippen LogP contribution is -1.99. The average Bonchev–Trinajstić information content (AvgIpc) is 2.38. The Bertz CT molecular complexity index is 301. The van der Waals surface area contributed by atoms with Crippen LogP contribution in [0.25, 0.3) is 0 Å². The fourth-order valence-electron chi connectivity index (χ4n) is 2.56. The standard InChI is InChI=1S/C17H28/c1-4-9-15(5-2)10-7-12-17-13-8-11-16(6-3)14-17/h8,11,13-15H,4-7,9-10,12H2,1-3H3. The quantitative estimate of drug-likeness (QED) is 0.563. The molecule has 17 heavy (non-hydrogen) atoms. The van der Waals surface area contributed by atoms with E-state index in [0.717, 1.165) is 12.3 Å². The predicted molar refractivity (Wildman–Crippen MR) is 77.4 cm³/mol. The molecule has 0 saturated carbocycles. The first kappa shape index (κ1) is 14.3. The lowest BCUT2D eigenvalue weighted by molar-refractivity contribution is 0.419. The molecule has 0 fully saturated rings. The maximum Gasteiger partial charge on any atom is -0.0279 e. The summed E-state index contributed by atoms with van der Waals surface area (Å²) < 4.78 is 0. The minimum atomic E-state index is 0.953. The van der Waals surface area contributed by atoms with Crippen molar-refractivity contribution >= 4 is 0 Å². The second-order valence-corrected chi connectivity index (χ2v) is 5.13. The highest BCUT2D eigenvalue weighted by Crippen LogP contribution is 2.19. The largest absolute Gasteiger partial charge is 0.0654 e. The minimum absolute atomic E-state index is 0.953. The molecular formula is C17H28. The average molecular weight is 232 g/mol. The van der Waals surface area contributed by atoms with E-state index in [4.69, 9.17) is 0 Å². The molecule has 0 heteroatoms.